The summed E-state index contributed by atoms with van der Waals surface area (Å²) >= 11 is 0. The van der Waals surface area contributed by atoms with Crippen molar-refractivity contribution in [2.24, 2.45) is 0 Å². The fourth-order valence-corrected chi connectivity index (χ4v) is 6.62. The van der Waals surface area contributed by atoms with E-state index in [-0.39, 0.29) is 23.3 Å². The average molecular weight is 646 g/mol. The van der Waals surface area contributed by atoms with E-state index in [4.69, 9.17) is 20.4 Å². The average Bonchev–Trinajstić information content (AvgIpc) is 3.53. The first kappa shape index (κ1) is 31.3. The number of anilines is 3. The van der Waals surface area contributed by atoms with E-state index in [2.05, 4.69) is 76.5 Å². The molecular weight excluding hydrogens is 606 g/mol. The van der Waals surface area contributed by atoms with Crippen LogP contribution in [0.5, 0.6) is 0 Å². The third-order valence-electron chi connectivity index (χ3n) is 9.16. The van der Waals surface area contributed by atoms with Crippen LogP contribution >= 0.6 is 0 Å². The number of nitrogens with zero attached hydrogens (tertiary/aromatic N) is 7. The van der Waals surface area contributed by atoms with E-state index in [0.717, 1.165) is 35.2 Å². The summed E-state index contributed by atoms with van der Waals surface area (Å²) in [5.74, 6) is 0.677. The molecule has 0 bridgehead atoms. The molecule has 2 aliphatic rings. The van der Waals surface area contributed by atoms with E-state index in [1.807, 2.05) is 15.5 Å². The predicted molar refractivity (Wildman–Crippen MR) is 185 cm³/mol. The van der Waals surface area contributed by atoms with Crippen molar-refractivity contribution in [3.63, 3.8) is 0 Å². The summed E-state index contributed by atoms with van der Waals surface area (Å²) in [6.45, 7) is 8.86. The summed E-state index contributed by atoms with van der Waals surface area (Å²) in [5.41, 5.74) is 13.3. The number of nitrogen functional groups attached to an aromatic ring is 1. The lowest BCUT2D eigenvalue weighted by atomic mass is 9.85. The quantitative estimate of drug-likeness (QED) is 0.264. The smallest absolute Gasteiger partial charge is 0.271 e. The van der Waals surface area contributed by atoms with Crippen LogP contribution in [-0.4, -0.2) is 74.5 Å². The molecule has 0 saturated carbocycles. The molecule has 12 nitrogen and oxygen atoms in total. The van der Waals surface area contributed by atoms with Crippen LogP contribution in [0.4, 0.5) is 17.5 Å². The number of ether oxygens (including phenoxy) is 1. The second-order valence-corrected chi connectivity index (χ2v) is 12.9. The maximum atomic E-state index is 13.2. The van der Waals surface area contributed by atoms with Gasteiger partial charge in [-0.2, -0.15) is 0 Å². The van der Waals surface area contributed by atoms with Gasteiger partial charge in [-0.1, -0.05) is 30.3 Å². The van der Waals surface area contributed by atoms with Gasteiger partial charge < -0.3 is 30.0 Å². The van der Waals surface area contributed by atoms with Crippen molar-refractivity contribution < 1.29 is 14.3 Å². The number of hydrogen-bond donors (Lipinski definition) is 2. The van der Waals surface area contributed by atoms with Crippen molar-refractivity contribution in [2.45, 2.75) is 45.6 Å². The Balaban J connectivity index is 1.03. The predicted octanol–water partition coefficient (Wildman–Crippen LogP) is 4.32. The van der Waals surface area contributed by atoms with Crippen molar-refractivity contribution >= 4 is 34.9 Å². The zero-order valence-corrected chi connectivity index (χ0v) is 27.4. The van der Waals surface area contributed by atoms with Gasteiger partial charge >= 0.3 is 0 Å². The largest absolute Gasteiger partial charge is 0.378 e. The molecule has 48 heavy (non-hydrogen) atoms. The number of carbonyl (C=O) groups excluding carboxylic acids is 2. The zero-order valence-electron chi connectivity index (χ0n) is 27.4. The van der Waals surface area contributed by atoms with Gasteiger partial charge in [0, 0.05) is 68.1 Å². The molecule has 5 aromatic rings. The van der Waals surface area contributed by atoms with Crippen molar-refractivity contribution in [1.82, 2.24) is 29.7 Å². The highest BCUT2D eigenvalue weighted by atomic mass is 16.5. The summed E-state index contributed by atoms with van der Waals surface area (Å²) in [6.07, 6.45) is 9.35. The summed E-state index contributed by atoms with van der Waals surface area (Å²) in [6, 6.07) is 14.8. The second-order valence-electron chi connectivity index (χ2n) is 12.9. The Morgan fingerprint density at radius 1 is 0.958 bits per heavy atom. The fraction of sp³-hybridized carbons (Fsp3) is 0.333. The van der Waals surface area contributed by atoms with Crippen LogP contribution in [0.1, 0.15) is 48.8 Å². The SMILES string of the molecule is CC(=O)N1c2ccc(-c3ccc(CCNC(=O)c4cn5cc(-c6cnc(N)nc6)nc(N6CCOCC6)c5n4)cc3)cc2CCC1(C)C. The molecular formula is C36H39N9O3. The number of aryl methyl sites for hydroxylation is 1. The molecule has 1 saturated heterocycles. The van der Waals surface area contributed by atoms with Crippen LogP contribution in [0.25, 0.3) is 28.0 Å². The van der Waals surface area contributed by atoms with Gasteiger partial charge in [0.15, 0.2) is 11.5 Å². The number of nitrogens with two attached hydrogens (primary N) is 1. The fourth-order valence-electron chi connectivity index (χ4n) is 6.62. The number of fused-ring (bicyclic) bond motifs is 2. The minimum Gasteiger partial charge on any atom is -0.378 e. The van der Waals surface area contributed by atoms with Crippen LogP contribution in [0.2, 0.25) is 0 Å². The normalized spacial score (nSPS) is 15.7. The van der Waals surface area contributed by atoms with Crippen molar-refractivity contribution in [3.05, 3.63) is 84.1 Å². The Kier molecular flexibility index (Phi) is 8.26. The maximum absolute atomic E-state index is 13.2. The number of imidazole rings is 1. The second kappa shape index (κ2) is 12.7. The lowest BCUT2D eigenvalue weighted by Crippen LogP contribution is -2.50. The lowest BCUT2D eigenvalue weighted by Gasteiger charge is -2.43. The molecule has 1 fully saturated rings. The Morgan fingerprint density at radius 2 is 1.69 bits per heavy atom. The first-order valence-electron chi connectivity index (χ1n) is 16.3. The first-order valence-corrected chi connectivity index (χ1v) is 16.3. The highest BCUT2D eigenvalue weighted by Gasteiger charge is 2.35. The minimum atomic E-state index is -0.252. The Hall–Kier alpha value is -5.36. The summed E-state index contributed by atoms with van der Waals surface area (Å²) < 4.78 is 7.37. The van der Waals surface area contributed by atoms with Gasteiger partial charge in [0.05, 0.1) is 18.9 Å². The van der Waals surface area contributed by atoms with Gasteiger partial charge in [0.1, 0.15) is 5.69 Å². The molecule has 7 rings (SSSR count). The van der Waals surface area contributed by atoms with Crippen LogP contribution in [0.3, 0.4) is 0 Å². The van der Waals surface area contributed by atoms with Crippen molar-refractivity contribution in [1.29, 1.82) is 0 Å². The molecule has 3 N–H and O–H groups in total. The van der Waals surface area contributed by atoms with Gasteiger partial charge in [0.25, 0.3) is 5.91 Å². The number of rotatable bonds is 7. The molecule has 2 aliphatic heterocycles. The van der Waals surface area contributed by atoms with E-state index >= 15 is 0 Å². The molecule has 246 valence electrons. The third-order valence-corrected chi connectivity index (χ3v) is 9.16. The van der Waals surface area contributed by atoms with Crippen LogP contribution in [-0.2, 0) is 22.4 Å². The van der Waals surface area contributed by atoms with E-state index in [1.165, 1.54) is 5.56 Å². The number of nitrogens with one attached hydrogen (secondary N) is 1. The topological polar surface area (TPSA) is 144 Å². The monoisotopic (exact) mass is 645 g/mol. The third kappa shape index (κ3) is 6.18. The molecule has 2 aromatic carbocycles. The first-order chi connectivity index (χ1) is 23.2. The molecule has 0 aliphatic carbocycles. The van der Waals surface area contributed by atoms with Gasteiger partial charge in [-0.05, 0) is 67.5 Å². The number of amides is 2. The standard InChI is InChI=1S/C36H39N9O3/c1-23(46)45-31-9-8-26(18-27(31)10-12-36(45,2)3)25-6-4-24(5-7-25)11-13-38-34(47)30-22-44-21-29(28-19-39-35(37)40-20-28)41-32(33(44)42-30)43-14-16-48-17-15-43/h4-9,18-22H,10-17H2,1-3H3,(H,38,47)(H2,37,39,40). The molecule has 12 heteroatoms. The number of aromatic nitrogens is 5. The van der Waals surface area contributed by atoms with Gasteiger partial charge in [-0.25, -0.2) is 19.9 Å². The van der Waals surface area contributed by atoms with E-state index in [0.29, 0.717) is 67.7 Å². The number of benzene rings is 2. The highest BCUT2D eigenvalue weighted by molar-refractivity contribution is 5.95. The minimum absolute atomic E-state index is 0.0696. The van der Waals surface area contributed by atoms with Crippen LogP contribution < -0.4 is 20.9 Å². The molecule has 0 radical (unpaired) electrons. The van der Waals surface area contributed by atoms with Gasteiger partial charge in [0.2, 0.25) is 11.9 Å². The number of carbonyl (C=O) groups is 2. The number of hydrogen-bond acceptors (Lipinski definition) is 9. The van der Waals surface area contributed by atoms with E-state index in [9.17, 15) is 9.59 Å². The molecule has 0 spiro atoms. The molecule has 0 atom stereocenters. The summed E-state index contributed by atoms with van der Waals surface area (Å²) in [4.78, 5) is 47.5. The Bertz CT molecular complexity index is 1980. The van der Waals surface area contributed by atoms with Crippen molar-refractivity contribution in [3.8, 4) is 22.4 Å². The molecule has 5 heterocycles. The van der Waals surface area contributed by atoms with Gasteiger partial charge in [-0.3, -0.25) is 9.59 Å². The number of morpholine rings is 1. The highest BCUT2D eigenvalue weighted by Crippen LogP contribution is 2.39. The van der Waals surface area contributed by atoms with Crippen LogP contribution in [0, 0.1) is 0 Å². The molecule has 0 unspecified atom stereocenters. The molecule has 3 aromatic heterocycles. The maximum Gasteiger partial charge on any atom is 0.271 e. The lowest BCUT2D eigenvalue weighted by molar-refractivity contribution is -0.117. The van der Waals surface area contributed by atoms with E-state index < -0.39 is 0 Å². The van der Waals surface area contributed by atoms with Crippen molar-refractivity contribution in [2.75, 3.05) is 48.4 Å². The Labute approximate surface area is 279 Å². The van der Waals surface area contributed by atoms with Gasteiger partial charge in [-0.15, -0.1) is 0 Å². The van der Waals surface area contributed by atoms with E-state index in [1.54, 1.807) is 25.5 Å². The molecule has 2 amide bonds. The van der Waals surface area contributed by atoms with Crippen LogP contribution in [0.15, 0.2) is 67.3 Å². The zero-order chi connectivity index (χ0) is 33.4. The summed E-state index contributed by atoms with van der Waals surface area (Å²) in [5, 5.41) is 3.03. The Morgan fingerprint density at radius 3 is 2.42 bits per heavy atom. The summed E-state index contributed by atoms with van der Waals surface area (Å²) in [7, 11) is 0.